The number of hydrogen-bond acceptors (Lipinski definition) is 0. The number of rotatable bonds is 3. The summed E-state index contributed by atoms with van der Waals surface area (Å²) >= 11 is 13.1. The first-order chi connectivity index (χ1) is 8.70. The molecule has 0 spiro atoms. The Bertz CT molecular complexity index is 434. The summed E-state index contributed by atoms with van der Waals surface area (Å²) in [5, 5.41) is 1.74. The molecule has 1 saturated carbocycles. The molecule has 0 N–H and O–H groups in total. The van der Waals surface area contributed by atoms with E-state index in [1.54, 1.807) is 0 Å². The maximum atomic E-state index is 6.02. The minimum Gasteiger partial charge on any atom is -0.0880 e. The van der Waals surface area contributed by atoms with Crippen molar-refractivity contribution < 1.29 is 0 Å². The highest BCUT2D eigenvalue weighted by atomic mass is 79.9. The van der Waals surface area contributed by atoms with E-state index in [0.29, 0.717) is 0 Å². The number of hydrogen-bond donors (Lipinski definition) is 0. The van der Waals surface area contributed by atoms with Crippen LogP contribution in [-0.4, -0.2) is 5.33 Å². The van der Waals surface area contributed by atoms with E-state index in [2.05, 4.69) is 50.1 Å². The molecule has 0 heterocycles. The average molecular weight is 393 g/mol. The molecule has 1 aromatic rings. The summed E-state index contributed by atoms with van der Waals surface area (Å²) in [6.45, 7) is 0. The van der Waals surface area contributed by atoms with Gasteiger partial charge in [0.1, 0.15) is 0 Å². The molecule has 2 rings (SSSR count). The van der Waals surface area contributed by atoms with Gasteiger partial charge in [-0.15, -0.1) is 0 Å². The van der Waals surface area contributed by atoms with Gasteiger partial charge in [0.05, 0.1) is 5.02 Å². The Balaban J connectivity index is 2.19. The Morgan fingerprint density at radius 1 is 1.28 bits per heavy atom. The Kier molecular flexibility index (Phi) is 5.78. The molecular weight excluding hydrogens is 375 g/mol. The van der Waals surface area contributed by atoms with Gasteiger partial charge in [-0.1, -0.05) is 64.5 Å². The van der Waals surface area contributed by atoms with Gasteiger partial charge in [0.2, 0.25) is 0 Å². The maximum Gasteiger partial charge on any atom is 0.0548 e. The summed E-state index contributed by atoms with van der Waals surface area (Å²) in [7, 11) is 0. The third-order valence-electron chi connectivity index (χ3n) is 3.58. The van der Waals surface area contributed by atoms with Crippen LogP contribution < -0.4 is 0 Å². The minimum atomic E-state index is 0.757. The van der Waals surface area contributed by atoms with Gasteiger partial charge < -0.3 is 0 Å². The predicted molar refractivity (Wildman–Crippen MR) is 87.5 cm³/mol. The molecule has 98 valence electrons. The van der Waals surface area contributed by atoms with Gasteiger partial charge in [0.15, 0.2) is 0 Å². The topological polar surface area (TPSA) is 0 Å². The van der Waals surface area contributed by atoms with Crippen molar-refractivity contribution in [1.82, 2.24) is 0 Å². The standard InChI is InChI=1S/C15H17Br2Cl/c16-10-13(12-4-2-1-3-5-12)8-11-6-7-15(18)14(17)9-11/h6-9,12H,1-5,10H2/b13-8-. The largest absolute Gasteiger partial charge is 0.0880 e. The molecule has 1 aromatic carbocycles. The second kappa shape index (κ2) is 7.12. The first-order valence-electron chi connectivity index (χ1n) is 6.42. The van der Waals surface area contributed by atoms with Crippen molar-refractivity contribution in [3.05, 3.63) is 38.8 Å². The zero-order valence-corrected chi connectivity index (χ0v) is 14.2. The van der Waals surface area contributed by atoms with Crippen LogP contribution in [0.4, 0.5) is 0 Å². The van der Waals surface area contributed by atoms with E-state index in [4.69, 9.17) is 11.6 Å². The van der Waals surface area contributed by atoms with Gasteiger partial charge >= 0.3 is 0 Å². The summed E-state index contributed by atoms with van der Waals surface area (Å²) in [4.78, 5) is 0. The summed E-state index contributed by atoms with van der Waals surface area (Å²) < 4.78 is 0.968. The highest BCUT2D eigenvalue weighted by Gasteiger charge is 2.16. The third kappa shape index (κ3) is 3.85. The first-order valence-corrected chi connectivity index (χ1v) is 8.71. The lowest BCUT2D eigenvalue weighted by molar-refractivity contribution is 0.405. The molecule has 0 saturated heterocycles. The Hall–Kier alpha value is 0.210. The highest BCUT2D eigenvalue weighted by Crippen LogP contribution is 2.32. The summed E-state index contributed by atoms with van der Waals surface area (Å²) in [5.41, 5.74) is 2.75. The zero-order chi connectivity index (χ0) is 13.0. The SMILES string of the molecule is Clc1ccc(/C=C(/CBr)C2CCCCC2)cc1Br. The second-order valence-electron chi connectivity index (χ2n) is 4.86. The van der Waals surface area contributed by atoms with Crippen molar-refractivity contribution >= 4 is 49.5 Å². The van der Waals surface area contributed by atoms with Crippen molar-refractivity contribution in [2.45, 2.75) is 32.1 Å². The molecule has 1 aliphatic carbocycles. The van der Waals surface area contributed by atoms with E-state index in [-0.39, 0.29) is 0 Å². The van der Waals surface area contributed by atoms with Crippen LogP contribution >= 0.6 is 43.5 Å². The molecule has 1 aliphatic rings. The second-order valence-corrected chi connectivity index (χ2v) is 6.68. The van der Waals surface area contributed by atoms with Crippen LogP contribution in [0.5, 0.6) is 0 Å². The van der Waals surface area contributed by atoms with Gasteiger partial charge in [-0.3, -0.25) is 0 Å². The first kappa shape index (κ1) is 14.6. The van der Waals surface area contributed by atoms with Gasteiger partial charge in [0, 0.05) is 9.80 Å². The van der Waals surface area contributed by atoms with Gasteiger partial charge in [-0.05, 0) is 52.4 Å². The quantitative estimate of drug-likeness (QED) is 0.518. The van der Waals surface area contributed by atoms with E-state index in [0.717, 1.165) is 20.7 Å². The average Bonchev–Trinajstić information content (AvgIpc) is 2.41. The van der Waals surface area contributed by atoms with Crippen LogP contribution in [0, 0.1) is 5.92 Å². The van der Waals surface area contributed by atoms with Crippen LogP contribution in [0.3, 0.4) is 0 Å². The fourth-order valence-corrected chi connectivity index (χ4v) is 3.69. The molecule has 3 heteroatoms. The van der Waals surface area contributed by atoms with Gasteiger partial charge in [0.25, 0.3) is 0 Å². The monoisotopic (exact) mass is 390 g/mol. The van der Waals surface area contributed by atoms with E-state index >= 15 is 0 Å². The molecule has 0 atom stereocenters. The highest BCUT2D eigenvalue weighted by molar-refractivity contribution is 9.10. The zero-order valence-electron chi connectivity index (χ0n) is 10.3. The molecule has 0 amide bonds. The van der Waals surface area contributed by atoms with E-state index < -0.39 is 0 Å². The Labute approximate surface area is 131 Å². The molecule has 0 bridgehead atoms. The van der Waals surface area contributed by atoms with Crippen molar-refractivity contribution in [3.8, 4) is 0 Å². The minimum absolute atomic E-state index is 0.757. The molecular formula is C15H17Br2Cl. The van der Waals surface area contributed by atoms with Crippen molar-refractivity contribution in [1.29, 1.82) is 0 Å². The van der Waals surface area contributed by atoms with Crippen LogP contribution in [0.15, 0.2) is 28.2 Å². The lowest BCUT2D eigenvalue weighted by Crippen LogP contribution is -2.10. The lowest BCUT2D eigenvalue weighted by Gasteiger charge is -2.23. The summed E-state index contributed by atoms with van der Waals surface area (Å²) in [6.07, 6.45) is 9.14. The number of halogens is 3. The Morgan fingerprint density at radius 2 is 2.00 bits per heavy atom. The Morgan fingerprint density at radius 3 is 2.61 bits per heavy atom. The smallest absolute Gasteiger partial charge is 0.0548 e. The predicted octanol–water partition coefficient (Wildman–Crippen LogP) is 6.46. The summed E-state index contributed by atoms with van der Waals surface area (Å²) in [5.74, 6) is 0.757. The fraction of sp³-hybridized carbons (Fsp3) is 0.467. The summed E-state index contributed by atoms with van der Waals surface area (Å²) in [6, 6.07) is 6.12. The number of benzene rings is 1. The van der Waals surface area contributed by atoms with E-state index in [1.165, 1.54) is 43.2 Å². The van der Waals surface area contributed by atoms with Crippen molar-refractivity contribution in [2.75, 3.05) is 5.33 Å². The van der Waals surface area contributed by atoms with E-state index in [1.807, 2.05) is 6.07 Å². The van der Waals surface area contributed by atoms with Crippen LogP contribution in [-0.2, 0) is 0 Å². The fourth-order valence-electron chi connectivity index (χ4n) is 2.56. The molecule has 0 nitrogen and oxygen atoms in total. The molecule has 0 radical (unpaired) electrons. The normalized spacial score (nSPS) is 18.1. The molecule has 18 heavy (non-hydrogen) atoms. The van der Waals surface area contributed by atoms with Gasteiger partial charge in [-0.25, -0.2) is 0 Å². The number of alkyl halides is 1. The maximum absolute atomic E-state index is 6.02. The molecule has 0 unspecified atom stereocenters. The molecule has 0 aromatic heterocycles. The van der Waals surface area contributed by atoms with Crippen LogP contribution in [0.2, 0.25) is 5.02 Å². The van der Waals surface area contributed by atoms with Gasteiger partial charge in [-0.2, -0.15) is 0 Å². The third-order valence-corrected chi connectivity index (χ3v) is 5.44. The van der Waals surface area contributed by atoms with Crippen LogP contribution in [0.25, 0.3) is 6.08 Å². The van der Waals surface area contributed by atoms with Crippen molar-refractivity contribution in [3.63, 3.8) is 0 Å². The van der Waals surface area contributed by atoms with E-state index in [9.17, 15) is 0 Å². The number of allylic oxidation sites excluding steroid dienone is 1. The van der Waals surface area contributed by atoms with Crippen molar-refractivity contribution in [2.24, 2.45) is 5.92 Å². The molecule has 1 fully saturated rings. The lowest BCUT2D eigenvalue weighted by atomic mass is 9.84. The van der Waals surface area contributed by atoms with Crippen LogP contribution in [0.1, 0.15) is 37.7 Å². The molecule has 0 aliphatic heterocycles.